The van der Waals surface area contributed by atoms with Crippen molar-refractivity contribution < 1.29 is 0 Å². The van der Waals surface area contributed by atoms with Crippen LogP contribution in [0.2, 0.25) is 0 Å². The van der Waals surface area contributed by atoms with Gasteiger partial charge in [0.2, 0.25) is 0 Å². The molecule has 0 aliphatic carbocycles. The molecular weight excluding hydrogens is 138 g/mol. The number of aromatic nitrogens is 3. The van der Waals surface area contributed by atoms with Crippen LogP contribution in [0.1, 0.15) is 5.56 Å². The Hall–Kier alpha value is -1.51. The van der Waals surface area contributed by atoms with Crippen molar-refractivity contribution in [2.75, 3.05) is 0 Å². The van der Waals surface area contributed by atoms with Gasteiger partial charge in [-0.2, -0.15) is 0 Å². The smallest absolute Gasteiger partial charge is 0.178 e. The minimum Gasteiger partial charge on any atom is -0.251 e. The first-order chi connectivity index (χ1) is 5.36. The second-order valence-corrected chi connectivity index (χ2v) is 2.41. The van der Waals surface area contributed by atoms with Gasteiger partial charge in [-0.05, 0) is 18.6 Å². The first-order valence-electron chi connectivity index (χ1n) is 3.39. The van der Waals surface area contributed by atoms with Gasteiger partial charge in [0.15, 0.2) is 5.65 Å². The van der Waals surface area contributed by atoms with E-state index in [9.17, 15) is 0 Å². The zero-order chi connectivity index (χ0) is 7.68. The lowest BCUT2D eigenvalue weighted by Gasteiger charge is -1.94. The molecule has 0 aliphatic heterocycles. The zero-order valence-electron chi connectivity index (χ0n) is 6.15. The van der Waals surface area contributed by atoms with E-state index in [0.29, 0.717) is 5.65 Å². The highest BCUT2D eigenvalue weighted by Gasteiger charge is 1.93. The Balaban J connectivity index is 2.83. The summed E-state index contributed by atoms with van der Waals surface area (Å²) < 4.78 is 0. The minimum absolute atomic E-state index is 0.707. The van der Waals surface area contributed by atoms with E-state index >= 15 is 0 Å². The molecule has 0 spiro atoms. The van der Waals surface area contributed by atoms with Crippen LogP contribution in [0.4, 0.5) is 0 Å². The second-order valence-electron chi connectivity index (χ2n) is 2.41. The summed E-state index contributed by atoms with van der Waals surface area (Å²) in [5, 5.41) is 0. The molecule has 11 heavy (non-hydrogen) atoms. The normalized spacial score (nSPS) is 10.3. The Labute approximate surface area is 64.1 Å². The van der Waals surface area contributed by atoms with Crippen molar-refractivity contribution in [2.45, 2.75) is 6.92 Å². The highest BCUT2D eigenvalue weighted by molar-refractivity contribution is 5.69. The SMILES string of the molecule is Cc1cnc2nccnc2c1. The Morgan fingerprint density at radius 1 is 1.09 bits per heavy atom. The van der Waals surface area contributed by atoms with E-state index in [4.69, 9.17) is 0 Å². The molecule has 3 heteroatoms. The summed E-state index contributed by atoms with van der Waals surface area (Å²) in [5.74, 6) is 0. The third-order valence-electron chi connectivity index (χ3n) is 1.46. The number of pyridine rings is 1. The Kier molecular flexibility index (Phi) is 1.28. The Morgan fingerprint density at radius 3 is 2.82 bits per heavy atom. The van der Waals surface area contributed by atoms with Gasteiger partial charge in [-0.1, -0.05) is 0 Å². The molecule has 0 fully saturated rings. The number of rotatable bonds is 0. The highest BCUT2D eigenvalue weighted by Crippen LogP contribution is 2.05. The van der Waals surface area contributed by atoms with Crippen LogP contribution in [0.3, 0.4) is 0 Å². The predicted octanol–water partition coefficient (Wildman–Crippen LogP) is 1.33. The molecule has 0 amide bonds. The molecule has 3 nitrogen and oxygen atoms in total. The van der Waals surface area contributed by atoms with Gasteiger partial charge in [0, 0.05) is 18.6 Å². The van der Waals surface area contributed by atoms with E-state index in [1.165, 1.54) is 0 Å². The molecule has 0 aromatic carbocycles. The molecule has 0 saturated heterocycles. The minimum atomic E-state index is 0.707. The van der Waals surface area contributed by atoms with E-state index in [0.717, 1.165) is 11.1 Å². The average molecular weight is 145 g/mol. The molecule has 2 aromatic rings. The lowest BCUT2D eigenvalue weighted by atomic mass is 10.3. The molecule has 2 rings (SSSR count). The van der Waals surface area contributed by atoms with Crippen LogP contribution in [0.15, 0.2) is 24.7 Å². The van der Waals surface area contributed by atoms with Crippen LogP contribution in [-0.2, 0) is 0 Å². The zero-order valence-corrected chi connectivity index (χ0v) is 6.15. The van der Waals surface area contributed by atoms with Crippen LogP contribution >= 0.6 is 0 Å². The molecule has 0 aliphatic rings. The third-order valence-corrected chi connectivity index (χ3v) is 1.46. The number of hydrogen-bond donors (Lipinski definition) is 0. The maximum absolute atomic E-state index is 4.12. The second kappa shape index (κ2) is 2.27. The van der Waals surface area contributed by atoms with E-state index < -0.39 is 0 Å². The summed E-state index contributed by atoms with van der Waals surface area (Å²) in [4.78, 5) is 12.3. The van der Waals surface area contributed by atoms with E-state index in [-0.39, 0.29) is 0 Å². The number of hydrogen-bond acceptors (Lipinski definition) is 3. The average Bonchev–Trinajstić information content (AvgIpc) is 2.04. The van der Waals surface area contributed by atoms with Gasteiger partial charge in [0.25, 0.3) is 0 Å². The summed E-state index contributed by atoms with van der Waals surface area (Å²) >= 11 is 0. The Morgan fingerprint density at radius 2 is 1.91 bits per heavy atom. The van der Waals surface area contributed by atoms with Crippen LogP contribution in [0, 0.1) is 6.92 Å². The summed E-state index contributed by atoms with van der Waals surface area (Å²) in [5.41, 5.74) is 2.67. The summed E-state index contributed by atoms with van der Waals surface area (Å²) in [6.45, 7) is 1.99. The molecule has 54 valence electrons. The van der Waals surface area contributed by atoms with Crippen molar-refractivity contribution in [3.8, 4) is 0 Å². The first-order valence-corrected chi connectivity index (χ1v) is 3.39. The van der Waals surface area contributed by atoms with Gasteiger partial charge in [0.1, 0.15) is 5.52 Å². The van der Waals surface area contributed by atoms with Crippen molar-refractivity contribution in [3.63, 3.8) is 0 Å². The molecule has 2 aromatic heterocycles. The van der Waals surface area contributed by atoms with Crippen LogP contribution in [0.25, 0.3) is 11.2 Å². The van der Waals surface area contributed by atoms with E-state index in [1.54, 1.807) is 18.6 Å². The molecule has 0 bridgehead atoms. The monoisotopic (exact) mass is 145 g/mol. The lowest BCUT2D eigenvalue weighted by molar-refractivity contribution is 1.20. The van der Waals surface area contributed by atoms with Crippen molar-refractivity contribution >= 4 is 11.2 Å². The molecule has 0 radical (unpaired) electrons. The fourth-order valence-corrected chi connectivity index (χ4v) is 0.959. The van der Waals surface area contributed by atoms with Crippen molar-refractivity contribution in [3.05, 3.63) is 30.2 Å². The van der Waals surface area contributed by atoms with E-state index in [1.807, 2.05) is 13.0 Å². The third kappa shape index (κ3) is 1.05. The highest BCUT2D eigenvalue weighted by atomic mass is 14.9. The Bertz CT molecular complexity index is 384. The topological polar surface area (TPSA) is 38.7 Å². The van der Waals surface area contributed by atoms with E-state index in [2.05, 4.69) is 15.0 Å². The number of nitrogens with zero attached hydrogens (tertiary/aromatic N) is 3. The number of aryl methyl sites for hydroxylation is 1. The maximum atomic E-state index is 4.12. The summed E-state index contributed by atoms with van der Waals surface area (Å²) in [6, 6.07) is 1.97. The van der Waals surface area contributed by atoms with Crippen LogP contribution < -0.4 is 0 Å². The van der Waals surface area contributed by atoms with Gasteiger partial charge in [-0.15, -0.1) is 0 Å². The molecular formula is C8H7N3. The molecule has 0 unspecified atom stereocenters. The fourth-order valence-electron chi connectivity index (χ4n) is 0.959. The van der Waals surface area contributed by atoms with Gasteiger partial charge in [-0.25, -0.2) is 9.97 Å². The van der Waals surface area contributed by atoms with Crippen LogP contribution in [0.5, 0.6) is 0 Å². The molecule has 0 atom stereocenters. The van der Waals surface area contributed by atoms with Crippen molar-refractivity contribution in [1.82, 2.24) is 15.0 Å². The van der Waals surface area contributed by atoms with Gasteiger partial charge in [0.05, 0.1) is 0 Å². The van der Waals surface area contributed by atoms with Crippen molar-refractivity contribution in [2.24, 2.45) is 0 Å². The maximum Gasteiger partial charge on any atom is 0.178 e. The largest absolute Gasteiger partial charge is 0.251 e. The molecule has 2 heterocycles. The van der Waals surface area contributed by atoms with Gasteiger partial charge < -0.3 is 0 Å². The molecule has 0 N–H and O–H groups in total. The first kappa shape index (κ1) is 6.22. The fraction of sp³-hybridized carbons (Fsp3) is 0.125. The van der Waals surface area contributed by atoms with Crippen molar-refractivity contribution in [1.29, 1.82) is 0 Å². The summed E-state index contributed by atoms with van der Waals surface area (Å²) in [7, 11) is 0. The van der Waals surface area contributed by atoms with Gasteiger partial charge in [-0.3, -0.25) is 4.98 Å². The lowest BCUT2D eigenvalue weighted by Crippen LogP contribution is -1.86. The van der Waals surface area contributed by atoms with Crippen LogP contribution in [-0.4, -0.2) is 15.0 Å². The number of fused-ring (bicyclic) bond motifs is 1. The molecule has 0 saturated carbocycles. The predicted molar refractivity (Wildman–Crippen MR) is 42.1 cm³/mol. The van der Waals surface area contributed by atoms with Gasteiger partial charge >= 0.3 is 0 Å². The quantitative estimate of drug-likeness (QED) is 0.561. The summed E-state index contributed by atoms with van der Waals surface area (Å²) in [6.07, 6.45) is 5.10. The standard InChI is InChI=1S/C8H7N3/c1-6-4-7-8(11-5-6)10-3-2-9-7/h2-5H,1H3.